The number of carbonyl (C=O) groups excluding carboxylic acids is 1. The third-order valence-corrected chi connectivity index (χ3v) is 7.80. The average Bonchev–Trinajstić information content (AvgIpc) is 3.27. The first-order valence-electron chi connectivity index (χ1n) is 12.5. The largest absolute Gasteiger partial charge is 0.497 e. The van der Waals surface area contributed by atoms with Crippen LogP contribution in [0.2, 0.25) is 0 Å². The Morgan fingerprint density at radius 3 is 2.54 bits per heavy atom. The van der Waals surface area contributed by atoms with Crippen molar-refractivity contribution in [1.82, 2.24) is 4.57 Å². The van der Waals surface area contributed by atoms with Crippen molar-refractivity contribution in [3.05, 3.63) is 139 Å². The summed E-state index contributed by atoms with van der Waals surface area (Å²) in [5.74, 6) is 0.335. The van der Waals surface area contributed by atoms with Gasteiger partial charge in [-0.25, -0.2) is 4.99 Å². The number of hydrogen-bond acceptors (Lipinski definition) is 5. The molecule has 0 saturated carbocycles. The van der Waals surface area contributed by atoms with Crippen molar-refractivity contribution in [1.29, 1.82) is 0 Å². The van der Waals surface area contributed by atoms with E-state index in [0.29, 0.717) is 32.0 Å². The van der Waals surface area contributed by atoms with E-state index in [0.717, 1.165) is 21.9 Å². The van der Waals surface area contributed by atoms with Crippen LogP contribution in [-0.2, 0) is 4.79 Å². The third kappa shape index (κ3) is 4.57. The molecule has 1 aliphatic heterocycles. The third-order valence-electron chi connectivity index (χ3n) is 6.82. The SMILES string of the molecule is COc1cccc(C2C(C(=O)Nc3ccccc3)=C(C)N=c3s/c(=C\c4cccc5ccccc45)c(=O)n32)c1. The zero-order chi connectivity index (χ0) is 26.9. The van der Waals surface area contributed by atoms with Crippen molar-refractivity contribution < 1.29 is 9.53 Å². The Morgan fingerprint density at radius 2 is 1.72 bits per heavy atom. The minimum absolute atomic E-state index is 0.197. The summed E-state index contributed by atoms with van der Waals surface area (Å²) in [6.07, 6.45) is 1.91. The number of nitrogens with one attached hydrogen (secondary N) is 1. The van der Waals surface area contributed by atoms with Gasteiger partial charge in [0, 0.05) is 5.69 Å². The Balaban J connectivity index is 1.54. The van der Waals surface area contributed by atoms with Crippen LogP contribution in [0, 0.1) is 0 Å². The maximum atomic E-state index is 14.0. The highest BCUT2D eigenvalue weighted by Gasteiger charge is 2.32. The van der Waals surface area contributed by atoms with Gasteiger partial charge in [0.15, 0.2) is 4.80 Å². The zero-order valence-corrected chi connectivity index (χ0v) is 22.2. The van der Waals surface area contributed by atoms with Crippen molar-refractivity contribution in [2.24, 2.45) is 4.99 Å². The number of hydrogen-bond donors (Lipinski definition) is 1. The van der Waals surface area contributed by atoms with Gasteiger partial charge in [-0.2, -0.15) is 0 Å². The van der Waals surface area contributed by atoms with Crippen LogP contribution in [0.25, 0.3) is 16.8 Å². The van der Waals surface area contributed by atoms with Crippen molar-refractivity contribution in [2.45, 2.75) is 13.0 Å². The summed E-state index contributed by atoms with van der Waals surface area (Å²) in [7, 11) is 1.60. The molecule has 1 aliphatic rings. The molecule has 0 radical (unpaired) electrons. The molecule has 1 aromatic heterocycles. The van der Waals surface area contributed by atoms with Gasteiger partial charge < -0.3 is 10.1 Å². The normalized spacial score (nSPS) is 15.1. The minimum atomic E-state index is -0.672. The Labute approximate surface area is 228 Å². The Bertz CT molecular complexity index is 1930. The number of thiazole rings is 1. The molecule has 39 heavy (non-hydrogen) atoms. The number of ether oxygens (including phenoxy) is 1. The predicted molar refractivity (Wildman–Crippen MR) is 156 cm³/mol. The Hall–Kier alpha value is -4.75. The lowest BCUT2D eigenvalue weighted by molar-refractivity contribution is -0.113. The van der Waals surface area contributed by atoms with Gasteiger partial charge in [0.2, 0.25) is 0 Å². The first-order valence-corrected chi connectivity index (χ1v) is 13.4. The van der Waals surface area contributed by atoms with Crippen LogP contribution in [0.1, 0.15) is 24.1 Å². The monoisotopic (exact) mass is 531 g/mol. The van der Waals surface area contributed by atoms with Gasteiger partial charge in [-0.15, -0.1) is 0 Å². The fraction of sp³-hybridized carbons (Fsp3) is 0.0938. The van der Waals surface area contributed by atoms with Crippen LogP contribution in [0.5, 0.6) is 5.75 Å². The van der Waals surface area contributed by atoms with Crippen LogP contribution >= 0.6 is 11.3 Å². The second kappa shape index (κ2) is 10.2. The quantitative estimate of drug-likeness (QED) is 0.346. The molecule has 0 spiro atoms. The summed E-state index contributed by atoms with van der Waals surface area (Å²) < 4.78 is 7.66. The van der Waals surface area contributed by atoms with Gasteiger partial charge >= 0.3 is 0 Å². The zero-order valence-electron chi connectivity index (χ0n) is 21.4. The fourth-order valence-corrected chi connectivity index (χ4v) is 6.01. The molecule has 7 heteroatoms. The molecule has 4 aromatic carbocycles. The number of benzene rings is 4. The summed E-state index contributed by atoms with van der Waals surface area (Å²) in [5, 5.41) is 5.14. The Morgan fingerprint density at radius 1 is 0.974 bits per heavy atom. The summed E-state index contributed by atoms with van der Waals surface area (Å²) in [4.78, 5) is 33.0. The van der Waals surface area contributed by atoms with Crippen LogP contribution in [0.4, 0.5) is 5.69 Å². The topological polar surface area (TPSA) is 72.7 Å². The highest BCUT2D eigenvalue weighted by molar-refractivity contribution is 7.07. The summed E-state index contributed by atoms with van der Waals surface area (Å²) in [5.41, 5.74) is 3.16. The molecule has 6 rings (SSSR count). The van der Waals surface area contributed by atoms with Crippen molar-refractivity contribution in [3.8, 4) is 5.75 Å². The fourth-order valence-electron chi connectivity index (χ4n) is 4.98. The molecule has 5 aromatic rings. The first kappa shape index (κ1) is 24.6. The second-order valence-corrected chi connectivity index (χ2v) is 10.3. The molecule has 1 unspecified atom stereocenters. The van der Waals surface area contributed by atoms with Crippen LogP contribution in [0.15, 0.2) is 118 Å². The number of nitrogens with zero attached hydrogens (tertiary/aromatic N) is 2. The molecule has 1 atom stereocenters. The van der Waals surface area contributed by atoms with Gasteiger partial charge in [0.25, 0.3) is 11.5 Å². The summed E-state index contributed by atoms with van der Waals surface area (Å²) in [6.45, 7) is 1.81. The van der Waals surface area contributed by atoms with E-state index in [2.05, 4.69) is 17.4 Å². The molecule has 192 valence electrons. The van der Waals surface area contributed by atoms with Crippen molar-refractivity contribution in [3.63, 3.8) is 0 Å². The predicted octanol–water partition coefficient (Wildman–Crippen LogP) is 5.04. The Kier molecular flexibility index (Phi) is 6.42. The highest BCUT2D eigenvalue weighted by atomic mass is 32.1. The molecule has 0 aliphatic carbocycles. The van der Waals surface area contributed by atoms with E-state index in [9.17, 15) is 9.59 Å². The lowest BCUT2D eigenvalue weighted by Gasteiger charge is -2.25. The number of amides is 1. The molecule has 2 heterocycles. The smallest absolute Gasteiger partial charge is 0.271 e. The highest BCUT2D eigenvalue weighted by Crippen LogP contribution is 2.32. The van der Waals surface area contributed by atoms with Gasteiger partial charge in [-0.1, -0.05) is 84.1 Å². The van der Waals surface area contributed by atoms with Crippen LogP contribution in [-0.4, -0.2) is 17.6 Å². The number of anilines is 1. The van der Waals surface area contributed by atoms with E-state index in [-0.39, 0.29) is 11.5 Å². The van der Waals surface area contributed by atoms with E-state index < -0.39 is 6.04 Å². The van der Waals surface area contributed by atoms with E-state index in [1.165, 1.54) is 11.3 Å². The number of rotatable bonds is 5. The lowest BCUT2D eigenvalue weighted by Crippen LogP contribution is -2.40. The molecule has 0 saturated heterocycles. The molecule has 1 N–H and O–H groups in total. The molecule has 0 bridgehead atoms. The van der Waals surface area contributed by atoms with Gasteiger partial charge in [-0.3, -0.25) is 14.2 Å². The van der Waals surface area contributed by atoms with E-state index in [1.807, 2.05) is 97.9 Å². The van der Waals surface area contributed by atoms with E-state index in [1.54, 1.807) is 11.7 Å². The summed E-state index contributed by atoms with van der Waals surface area (Å²) in [6, 6.07) is 30.2. The van der Waals surface area contributed by atoms with Gasteiger partial charge in [-0.05, 0) is 59.2 Å². The van der Waals surface area contributed by atoms with Crippen molar-refractivity contribution in [2.75, 3.05) is 12.4 Å². The molecule has 6 nitrogen and oxygen atoms in total. The van der Waals surface area contributed by atoms with Crippen LogP contribution < -0.4 is 24.9 Å². The maximum absolute atomic E-state index is 14.0. The molecular formula is C32H25N3O3S. The first-order chi connectivity index (χ1) is 19.0. The molecule has 1 amide bonds. The number of allylic oxidation sites excluding steroid dienone is 1. The molecular weight excluding hydrogens is 506 g/mol. The number of methoxy groups -OCH3 is 1. The number of aromatic nitrogens is 1. The van der Waals surface area contributed by atoms with Crippen LogP contribution in [0.3, 0.4) is 0 Å². The minimum Gasteiger partial charge on any atom is -0.497 e. The van der Waals surface area contributed by atoms with E-state index >= 15 is 0 Å². The van der Waals surface area contributed by atoms with Gasteiger partial charge in [0.05, 0.1) is 29.0 Å². The molecule has 0 fully saturated rings. The summed E-state index contributed by atoms with van der Waals surface area (Å²) >= 11 is 1.33. The number of carbonyl (C=O) groups is 1. The van der Waals surface area contributed by atoms with Gasteiger partial charge in [0.1, 0.15) is 5.75 Å². The number of fused-ring (bicyclic) bond motifs is 2. The van der Waals surface area contributed by atoms with Crippen molar-refractivity contribution >= 4 is 39.8 Å². The van der Waals surface area contributed by atoms with E-state index in [4.69, 9.17) is 9.73 Å². The average molecular weight is 532 g/mol. The number of para-hydroxylation sites is 1. The lowest BCUT2D eigenvalue weighted by atomic mass is 9.95. The maximum Gasteiger partial charge on any atom is 0.271 e. The second-order valence-electron chi connectivity index (χ2n) is 9.25. The standard InChI is InChI=1S/C32H25N3O3S/c1-20-28(30(36)34-24-14-4-3-5-15-24)29(23-13-9-16-25(18-23)38-2)35-31(37)27(39-32(35)33-20)19-22-12-8-11-21-10-6-7-17-26(21)22/h3-19,29H,1-2H3,(H,34,36)/b27-19-.